The Bertz CT molecular complexity index is 571. The van der Waals surface area contributed by atoms with Crippen molar-refractivity contribution in [2.75, 3.05) is 26.2 Å². The molecule has 128 valence electrons. The maximum absolute atomic E-state index is 12.5. The summed E-state index contributed by atoms with van der Waals surface area (Å²) in [5.74, 6) is -0.153. The number of carbonyl (C=O) groups is 1. The third-order valence-electron chi connectivity index (χ3n) is 4.68. The monoisotopic (exact) mass is 330 g/mol. The van der Waals surface area contributed by atoms with E-state index in [9.17, 15) is 18.0 Å². The van der Waals surface area contributed by atoms with Gasteiger partial charge in [0.2, 0.25) is 5.91 Å². The van der Waals surface area contributed by atoms with Crippen LogP contribution in [0.5, 0.6) is 0 Å². The Balaban J connectivity index is 1.64. The lowest BCUT2D eigenvalue weighted by molar-refractivity contribution is -0.159. The molecule has 2 atom stereocenters. The SMILES string of the molecule is Cc1cc([C@H]2CCCN([C@H]3CCN(CC(F)(F)F)C3=O)C2)n[nH]1. The van der Waals surface area contributed by atoms with Crippen LogP contribution in [-0.2, 0) is 4.79 Å². The number of aryl methyl sites for hydroxylation is 1. The van der Waals surface area contributed by atoms with Gasteiger partial charge < -0.3 is 4.90 Å². The number of nitrogens with zero attached hydrogens (tertiary/aromatic N) is 3. The smallest absolute Gasteiger partial charge is 0.332 e. The molecule has 0 aromatic carbocycles. The normalized spacial score (nSPS) is 27.0. The molecule has 0 bridgehead atoms. The summed E-state index contributed by atoms with van der Waals surface area (Å²) in [5, 5.41) is 7.21. The van der Waals surface area contributed by atoms with E-state index >= 15 is 0 Å². The number of alkyl halides is 3. The second kappa shape index (κ2) is 6.14. The topological polar surface area (TPSA) is 52.2 Å². The van der Waals surface area contributed by atoms with Crippen LogP contribution in [0.25, 0.3) is 0 Å². The molecule has 8 heteroatoms. The number of rotatable bonds is 3. The molecule has 2 fully saturated rings. The standard InChI is InChI=1S/C15H21F3N4O/c1-10-7-12(20-19-10)11-3-2-5-21(8-11)13-4-6-22(14(13)23)9-15(16,17)18/h7,11,13H,2-6,8-9H2,1H3,(H,19,20)/t11-,13-/m0/s1. The van der Waals surface area contributed by atoms with E-state index in [1.165, 1.54) is 0 Å². The van der Waals surface area contributed by atoms with E-state index in [0.717, 1.165) is 35.7 Å². The highest BCUT2D eigenvalue weighted by Gasteiger charge is 2.42. The molecule has 0 aliphatic carbocycles. The van der Waals surface area contributed by atoms with Crippen LogP contribution in [0, 0.1) is 6.92 Å². The molecule has 3 heterocycles. The molecule has 0 unspecified atom stereocenters. The molecule has 1 aromatic heterocycles. The molecule has 2 aliphatic heterocycles. The zero-order chi connectivity index (χ0) is 16.6. The lowest BCUT2D eigenvalue weighted by Crippen LogP contribution is -2.47. The highest BCUT2D eigenvalue weighted by molar-refractivity contribution is 5.84. The van der Waals surface area contributed by atoms with E-state index in [1.807, 2.05) is 17.9 Å². The van der Waals surface area contributed by atoms with Gasteiger partial charge in [-0.3, -0.25) is 14.8 Å². The van der Waals surface area contributed by atoms with Gasteiger partial charge in [-0.1, -0.05) is 0 Å². The Labute approximate surface area is 132 Å². The molecule has 2 aliphatic rings. The molecule has 1 aromatic rings. The molecule has 0 radical (unpaired) electrons. The van der Waals surface area contributed by atoms with E-state index in [-0.39, 0.29) is 18.4 Å². The molecule has 3 rings (SSSR count). The summed E-state index contributed by atoms with van der Waals surface area (Å²) in [4.78, 5) is 15.3. The summed E-state index contributed by atoms with van der Waals surface area (Å²) in [6.45, 7) is 2.42. The van der Waals surface area contributed by atoms with Crippen LogP contribution in [0.15, 0.2) is 6.07 Å². The van der Waals surface area contributed by atoms with Gasteiger partial charge in [0.05, 0.1) is 11.7 Å². The van der Waals surface area contributed by atoms with Crippen molar-refractivity contribution in [1.29, 1.82) is 0 Å². The molecule has 5 nitrogen and oxygen atoms in total. The highest BCUT2D eigenvalue weighted by atomic mass is 19.4. The Morgan fingerprint density at radius 2 is 2.13 bits per heavy atom. The summed E-state index contributed by atoms with van der Waals surface area (Å²) >= 11 is 0. The van der Waals surface area contributed by atoms with Crippen LogP contribution >= 0.6 is 0 Å². The van der Waals surface area contributed by atoms with Crippen molar-refractivity contribution in [3.8, 4) is 0 Å². The van der Waals surface area contributed by atoms with Gasteiger partial charge >= 0.3 is 6.18 Å². The largest absolute Gasteiger partial charge is 0.406 e. The van der Waals surface area contributed by atoms with E-state index in [1.54, 1.807) is 0 Å². The molecule has 1 N–H and O–H groups in total. The number of halogens is 3. The number of carbonyl (C=O) groups excluding carboxylic acids is 1. The highest BCUT2D eigenvalue weighted by Crippen LogP contribution is 2.30. The first-order chi connectivity index (χ1) is 10.8. The third kappa shape index (κ3) is 3.68. The number of nitrogens with one attached hydrogen (secondary N) is 1. The number of aromatic nitrogens is 2. The molecule has 0 spiro atoms. The van der Waals surface area contributed by atoms with Gasteiger partial charge in [-0.25, -0.2) is 0 Å². The van der Waals surface area contributed by atoms with E-state index in [0.29, 0.717) is 13.0 Å². The van der Waals surface area contributed by atoms with Crippen molar-refractivity contribution < 1.29 is 18.0 Å². The fourth-order valence-electron chi connectivity index (χ4n) is 3.61. The van der Waals surface area contributed by atoms with Gasteiger partial charge in [-0.2, -0.15) is 18.3 Å². The van der Waals surface area contributed by atoms with Crippen LogP contribution in [0.2, 0.25) is 0 Å². The number of piperidine rings is 1. The number of hydrogen-bond donors (Lipinski definition) is 1. The average molecular weight is 330 g/mol. The van der Waals surface area contributed by atoms with E-state index < -0.39 is 18.8 Å². The fourth-order valence-corrected chi connectivity index (χ4v) is 3.61. The number of hydrogen-bond acceptors (Lipinski definition) is 3. The van der Waals surface area contributed by atoms with Crippen molar-refractivity contribution in [1.82, 2.24) is 20.0 Å². The summed E-state index contributed by atoms with van der Waals surface area (Å²) in [7, 11) is 0. The first kappa shape index (κ1) is 16.3. The van der Waals surface area contributed by atoms with Crippen LogP contribution < -0.4 is 0 Å². The van der Waals surface area contributed by atoms with Crippen molar-refractivity contribution in [2.24, 2.45) is 0 Å². The quantitative estimate of drug-likeness (QED) is 0.923. The second-order valence-corrected chi connectivity index (χ2v) is 6.49. The van der Waals surface area contributed by atoms with Gasteiger partial charge in [0.1, 0.15) is 6.54 Å². The Kier molecular flexibility index (Phi) is 4.35. The Morgan fingerprint density at radius 3 is 2.78 bits per heavy atom. The Morgan fingerprint density at radius 1 is 1.35 bits per heavy atom. The second-order valence-electron chi connectivity index (χ2n) is 6.49. The number of aromatic amines is 1. The molecule has 1 amide bonds. The van der Waals surface area contributed by atoms with Crippen LogP contribution in [-0.4, -0.2) is 64.3 Å². The van der Waals surface area contributed by atoms with Crippen molar-refractivity contribution in [3.63, 3.8) is 0 Å². The molecule has 2 saturated heterocycles. The maximum atomic E-state index is 12.5. The van der Waals surface area contributed by atoms with Crippen molar-refractivity contribution in [2.45, 2.75) is 44.3 Å². The number of likely N-dealkylation sites (tertiary alicyclic amines) is 2. The molecule has 0 saturated carbocycles. The summed E-state index contributed by atoms with van der Waals surface area (Å²) in [6, 6.07) is 1.58. The maximum Gasteiger partial charge on any atom is 0.406 e. The Hall–Kier alpha value is -1.57. The van der Waals surface area contributed by atoms with E-state index in [4.69, 9.17) is 0 Å². The lowest BCUT2D eigenvalue weighted by atomic mass is 9.93. The number of H-pyrrole nitrogens is 1. The summed E-state index contributed by atoms with van der Waals surface area (Å²) in [5.41, 5.74) is 1.97. The van der Waals surface area contributed by atoms with Gasteiger partial charge in [-0.15, -0.1) is 0 Å². The number of amides is 1. The first-order valence-corrected chi connectivity index (χ1v) is 7.95. The summed E-state index contributed by atoms with van der Waals surface area (Å²) < 4.78 is 37.5. The third-order valence-corrected chi connectivity index (χ3v) is 4.68. The molecular formula is C15H21F3N4O. The zero-order valence-electron chi connectivity index (χ0n) is 13.1. The minimum absolute atomic E-state index is 0.186. The van der Waals surface area contributed by atoms with Crippen molar-refractivity contribution >= 4 is 5.91 Å². The van der Waals surface area contributed by atoms with Crippen LogP contribution in [0.4, 0.5) is 13.2 Å². The summed E-state index contributed by atoms with van der Waals surface area (Å²) in [6.07, 6.45) is -1.93. The van der Waals surface area contributed by atoms with Gasteiger partial charge in [0.25, 0.3) is 0 Å². The van der Waals surface area contributed by atoms with Gasteiger partial charge in [0.15, 0.2) is 0 Å². The lowest BCUT2D eigenvalue weighted by Gasteiger charge is -2.35. The van der Waals surface area contributed by atoms with Gasteiger partial charge in [0, 0.05) is 24.7 Å². The predicted molar refractivity (Wildman–Crippen MR) is 77.9 cm³/mol. The minimum atomic E-state index is -4.33. The van der Waals surface area contributed by atoms with E-state index in [2.05, 4.69) is 10.2 Å². The molecular weight excluding hydrogens is 309 g/mol. The van der Waals surface area contributed by atoms with Gasteiger partial charge in [-0.05, 0) is 38.8 Å². The minimum Gasteiger partial charge on any atom is -0.332 e. The van der Waals surface area contributed by atoms with Crippen molar-refractivity contribution in [3.05, 3.63) is 17.5 Å². The van der Waals surface area contributed by atoms with Crippen LogP contribution in [0.3, 0.4) is 0 Å². The van der Waals surface area contributed by atoms with Crippen LogP contribution in [0.1, 0.15) is 36.6 Å². The first-order valence-electron chi connectivity index (χ1n) is 7.95. The zero-order valence-corrected chi connectivity index (χ0v) is 13.1. The fraction of sp³-hybridized carbons (Fsp3) is 0.733. The average Bonchev–Trinajstić information content (AvgIpc) is 3.05. The molecule has 23 heavy (non-hydrogen) atoms. The predicted octanol–water partition coefficient (Wildman–Crippen LogP) is 2.06.